The average Bonchev–Trinajstić information content (AvgIpc) is 2.75. The number of halogens is 1. The fourth-order valence-corrected chi connectivity index (χ4v) is 2.08. The van der Waals surface area contributed by atoms with Gasteiger partial charge in [-0.2, -0.15) is 0 Å². The molecule has 0 aliphatic heterocycles. The number of thiazole rings is 1. The Balaban J connectivity index is 1.93. The summed E-state index contributed by atoms with van der Waals surface area (Å²) in [6.45, 7) is 1.12. The smallest absolute Gasteiger partial charge is 0.140 e. The van der Waals surface area contributed by atoms with Crippen LogP contribution >= 0.6 is 11.3 Å². The van der Waals surface area contributed by atoms with Crippen LogP contribution in [0.5, 0.6) is 5.75 Å². The van der Waals surface area contributed by atoms with Gasteiger partial charge in [-0.15, -0.1) is 11.3 Å². The van der Waals surface area contributed by atoms with E-state index in [1.807, 2.05) is 12.4 Å². The molecular formula is C12H13FN2OS. The van der Waals surface area contributed by atoms with E-state index < -0.39 is 0 Å². The van der Waals surface area contributed by atoms with E-state index in [1.54, 1.807) is 23.5 Å². The van der Waals surface area contributed by atoms with E-state index in [9.17, 15) is 4.39 Å². The standard InChI is InChI=1S/C12H13FN2OS/c1-14-6-10-8-17-12(15-10)7-16-11-4-2-3-9(13)5-11/h2-5,8,14H,6-7H2,1H3. The van der Waals surface area contributed by atoms with Crippen LogP contribution in [-0.4, -0.2) is 12.0 Å². The largest absolute Gasteiger partial charge is 0.486 e. The van der Waals surface area contributed by atoms with E-state index in [0.29, 0.717) is 12.4 Å². The third kappa shape index (κ3) is 3.51. The van der Waals surface area contributed by atoms with Crippen LogP contribution in [0.3, 0.4) is 0 Å². The van der Waals surface area contributed by atoms with Crippen molar-refractivity contribution in [2.24, 2.45) is 0 Å². The molecule has 0 bridgehead atoms. The van der Waals surface area contributed by atoms with E-state index in [2.05, 4.69) is 10.3 Å². The van der Waals surface area contributed by atoms with Gasteiger partial charge < -0.3 is 10.1 Å². The molecule has 1 aromatic heterocycles. The van der Waals surface area contributed by atoms with E-state index in [1.165, 1.54) is 12.1 Å². The van der Waals surface area contributed by atoms with Crippen molar-refractivity contribution < 1.29 is 9.13 Å². The molecule has 0 spiro atoms. The van der Waals surface area contributed by atoms with Gasteiger partial charge in [-0.25, -0.2) is 9.37 Å². The molecule has 0 unspecified atom stereocenters. The zero-order valence-electron chi connectivity index (χ0n) is 9.44. The van der Waals surface area contributed by atoms with Crippen LogP contribution in [0.4, 0.5) is 4.39 Å². The lowest BCUT2D eigenvalue weighted by molar-refractivity contribution is 0.303. The second kappa shape index (κ2) is 5.75. The number of hydrogen-bond acceptors (Lipinski definition) is 4. The molecule has 90 valence electrons. The highest BCUT2D eigenvalue weighted by molar-refractivity contribution is 7.09. The second-order valence-electron chi connectivity index (χ2n) is 3.51. The third-order valence-corrected chi connectivity index (χ3v) is 2.99. The Bertz CT molecular complexity index is 487. The first-order chi connectivity index (χ1) is 8.28. The molecule has 0 fully saturated rings. The Kier molecular flexibility index (Phi) is 4.06. The van der Waals surface area contributed by atoms with E-state index in [-0.39, 0.29) is 5.82 Å². The fraction of sp³-hybridized carbons (Fsp3) is 0.250. The summed E-state index contributed by atoms with van der Waals surface area (Å²) in [7, 11) is 1.88. The topological polar surface area (TPSA) is 34.1 Å². The Morgan fingerprint density at radius 1 is 1.47 bits per heavy atom. The van der Waals surface area contributed by atoms with Gasteiger partial charge in [-0.1, -0.05) is 6.07 Å². The number of hydrogen-bond donors (Lipinski definition) is 1. The number of nitrogens with zero attached hydrogens (tertiary/aromatic N) is 1. The van der Waals surface area contributed by atoms with Crippen LogP contribution in [0, 0.1) is 5.82 Å². The Morgan fingerprint density at radius 3 is 3.12 bits per heavy atom. The van der Waals surface area contributed by atoms with E-state index in [0.717, 1.165) is 17.2 Å². The maximum atomic E-state index is 12.9. The van der Waals surface area contributed by atoms with Gasteiger partial charge in [0.15, 0.2) is 0 Å². The zero-order chi connectivity index (χ0) is 12.1. The lowest BCUT2D eigenvalue weighted by Crippen LogP contribution is -2.05. The summed E-state index contributed by atoms with van der Waals surface area (Å²) < 4.78 is 18.3. The van der Waals surface area contributed by atoms with Crippen molar-refractivity contribution >= 4 is 11.3 Å². The monoisotopic (exact) mass is 252 g/mol. The first-order valence-corrected chi connectivity index (χ1v) is 6.12. The van der Waals surface area contributed by atoms with Gasteiger partial charge in [0, 0.05) is 18.0 Å². The maximum absolute atomic E-state index is 12.9. The minimum atomic E-state index is -0.294. The van der Waals surface area contributed by atoms with Gasteiger partial charge in [-0.3, -0.25) is 0 Å². The molecule has 2 aromatic rings. The SMILES string of the molecule is CNCc1csc(COc2cccc(F)c2)n1. The van der Waals surface area contributed by atoms with Crippen LogP contribution in [0.15, 0.2) is 29.6 Å². The summed E-state index contributed by atoms with van der Waals surface area (Å²) in [5.74, 6) is 0.230. The molecule has 0 aliphatic carbocycles. The number of rotatable bonds is 5. The number of nitrogens with one attached hydrogen (secondary N) is 1. The summed E-state index contributed by atoms with van der Waals surface area (Å²) in [5.41, 5.74) is 0.996. The molecule has 5 heteroatoms. The van der Waals surface area contributed by atoms with E-state index in [4.69, 9.17) is 4.74 Å². The van der Waals surface area contributed by atoms with Crippen LogP contribution < -0.4 is 10.1 Å². The highest BCUT2D eigenvalue weighted by Gasteiger charge is 2.02. The van der Waals surface area contributed by atoms with Crippen molar-refractivity contribution in [2.75, 3.05) is 7.05 Å². The lowest BCUT2D eigenvalue weighted by Gasteiger charge is -2.03. The van der Waals surface area contributed by atoms with Gasteiger partial charge in [0.2, 0.25) is 0 Å². The summed E-state index contributed by atoms with van der Waals surface area (Å²) in [6.07, 6.45) is 0. The molecule has 0 radical (unpaired) electrons. The molecule has 1 heterocycles. The number of aromatic nitrogens is 1. The highest BCUT2D eigenvalue weighted by Crippen LogP contribution is 2.16. The van der Waals surface area contributed by atoms with Crippen molar-refractivity contribution in [1.82, 2.24) is 10.3 Å². The lowest BCUT2D eigenvalue weighted by atomic mass is 10.3. The van der Waals surface area contributed by atoms with Crippen molar-refractivity contribution in [3.05, 3.63) is 46.2 Å². The molecule has 0 saturated carbocycles. The molecular weight excluding hydrogens is 239 g/mol. The first kappa shape index (κ1) is 12.0. The zero-order valence-corrected chi connectivity index (χ0v) is 10.3. The second-order valence-corrected chi connectivity index (χ2v) is 4.45. The number of benzene rings is 1. The summed E-state index contributed by atoms with van der Waals surface area (Å²) in [6, 6.07) is 6.10. The Labute approximate surface area is 103 Å². The van der Waals surface area contributed by atoms with Crippen LogP contribution in [0.2, 0.25) is 0 Å². The molecule has 17 heavy (non-hydrogen) atoms. The predicted octanol–water partition coefficient (Wildman–Crippen LogP) is 2.58. The fourth-order valence-electron chi connectivity index (χ4n) is 1.38. The Morgan fingerprint density at radius 2 is 2.35 bits per heavy atom. The van der Waals surface area contributed by atoms with Gasteiger partial charge in [0.25, 0.3) is 0 Å². The van der Waals surface area contributed by atoms with Crippen LogP contribution in [0.1, 0.15) is 10.7 Å². The molecule has 1 aromatic carbocycles. The predicted molar refractivity (Wildman–Crippen MR) is 65.6 cm³/mol. The van der Waals surface area contributed by atoms with Gasteiger partial charge in [0.1, 0.15) is 23.2 Å². The van der Waals surface area contributed by atoms with Crippen LogP contribution in [-0.2, 0) is 13.2 Å². The molecule has 0 saturated heterocycles. The average molecular weight is 252 g/mol. The van der Waals surface area contributed by atoms with Crippen molar-refractivity contribution in [3.63, 3.8) is 0 Å². The van der Waals surface area contributed by atoms with Gasteiger partial charge in [-0.05, 0) is 19.2 Å². The van der Waals surface area contributed by atoms with Crippen molar-refractivity contribution in [2.45, 2.75) is 13.2 Å². The van der Waals surface area contributed by atoms with Crippen LogP contribution in [0.25, 0.3) is 0 Å². The molecule has 0 aliphatic rings. The maximum Gasteiger partial charge on any atom is 0.140 e. The molecule has 0 atom stereocenters. The summed E-state index contributed by atoms with van der Waals surface area (Å²) >= 11 is 1.54. The first-order valence-electron chi connectivity index (χ1n) is 5.24. The molecule has 1 N–H and O–H groups in total. The number of ether oxygens (including phenoxy) is 1. The quantitative estimate of drug-likeness (QED) is 0.888. The van der Waals surface area contributed by atoms with Gasteiger partial charge >= 0.3 is 0 Å². The van der Waals surface area contributed by atoms with E-state index >= 15 is 0 Å². The van der Waals surface area contributed by atoms with Crippen molar-refractivity contribution in [1.29, 1.82) is 0 Å². The van der Waals surface area contributed by atoms with Gasteiger partial charge in [0.05, 0.1) is 5.69 Å². The summed E-state index contributed by atoms with van der Waals surface area (Å²) in [4.78, 5) is 4.37. The minimum absolute atomic E-state index is 0.294. The molecule has 0 amide bonds. The molecule has 2 rings (SSSR count). The minimum Gasteiger partial charge on any atom is -0.486 e. The summed E-state index contributed by atoms with van der Waals surface area (Å²) in [5, 5.41) is 5.91. The normalized spacial score (nSPS) is 10.5. The third-order valence-electron chi connectivity index (χ3n) is 2.12. The van der Waals surface area contributed by atoms with Crippen molar-refractivity contribution in [3.8, 4) is 5.75 Å². The Hall–Kier alpha value is -1.46. The molecule has 3 nitrogen and oxygen atoms in total. The highest BCUT2D eigenvalue weighted by atomic mass is 32.1.